The second kappa shape index (κ2) is 9.49. The number of anilines is 2. The molecule has 1 fully saturated rings. The van der Waals surface area contributed by atoms with Crippen molar-refractivity contribution in [3.05, 3.63) is 90.5 Å². The molecular weight excluding hydrogens is 505 g/mol. The first-order chi connectivity index (χ1) is 18.3. The lowest BCUT2D eigenvalue weighted by molar-refractivity contribution is 0.606. The number of aromatic nitrogens is 5. The molecule has 5 heterocycles. The molecule has 0 radical (unpaired) electrons. The van der Waals surface area contributed by atoms with Crippen LogP contribution < -0.4 is 9.62 Å². The van der Waals surface area contributed by atoms with Gasteiger partial charge < -0.3 is 4.90 Å². The summed E-state index contributed by atoms with van der Waals surface area (Å²) in [4.78, 5) is 15.7. The third-order valence-corrected chi connectivity index (χ3v) is 7.07. The van der Waals surface area contributed by atoms with Crippen molar-refractivity contribution in [1.29, 1.82) is 0 Å². The molecule has 1 aliphatic rings. The van der Waals surface area contributed by atoms with Crippen molar-refractivity contribution in [1.82, 2.24) is 24.6 Å². The Kier molecular flexibility index (Phi) is 5.99. The molecule has 0 aliphatic carbocycles. The largest absolute Gasteiger partial charge is 0.348 e. The van der Waals surface area contributed by atoms with E-state index in [1.54, 1.807) is 41.2 Å². The van der Waals surface area contributed by atoms with Crippen LogP contribution in [0.5, 0.6) is 0 Å². The highest BCUT2D eigenvalue weighted by Crippen LogP contribution is 2.35. The minimum absolute atomic E-state index is 0.0525. The highest BCUT2D eigenvalue weighted by Gasteiger charge is 2.28. The lowest BCUT2D eigenvalue weighted by Crippen LogP contribution is -2.24. The van der Waals surface area contributed by atoms with Crippen LogP contribution in [0.15, 0.2) is 79.1 Å². The maximum atomic E-state index is 13.9. The van der Waals surface area contributed by atoms with Crippen molar-refractivity contribution >= 4 is 27.3 Å². The van der Waals surface area contributed by atoms with E-state index in [0.717, 1.165) is 48.3 Å². The third-order valence-electron chi connectivity index (χ3n) is 6.49. The fourth-order valence-electron chi connectivity index (χ4n) is 4.83. The Morgan fingerprint density at radius 1 is 0.974 bits per heavy atom. The first-order valence-electron chi connectivity index (χ1n) is 12.1. The number of imidazole rings is 1. The zero-order valence-electron chi connectivity index (χ0n) is 20.5. The summed E-state index contributed by atoms with van der Waals surface area (Å²) in [6, 6.07) is 19.7. The smallest absolute Gasteiger partial charge is 0.230 e. The average Bonchev–Trinajstić information content (AvgIpc) is 3.55. The molecule has 11 heteroatoms. The molecule has 1 aromatic carbocycles. The molecule has 1 N–H and O–H groups in total. The van der Waals surface area contributed by atoms with Gasteiger partial charge in [0.05, 0.1) is 29.9 Å². The quantitative estimate of drug-likeness (QED) is 0.340. The van der Waals surface area contributed by atoms with Crippen molar-refractivity contribution in [2.75, 3.05) is 22.4 Å². The van der Waals surface area contributed by atoms with Gasteiger partial charge in [-0.2, -0.15) is 0 Å². The summed E-state index contributed by atoms with van der Waals surface area (Å²) in [5.74, 6) is 0.791. The molecule has 0 bridgehead atoms. The number of nitrogens with zero attached hydrogens (tertiary/aromatic N) is 6. The minimum Gasteiger partial charge on any atom is -0.348 e. The van der Waals surface area contributed by atoms with E-state index >= 15 is 0 Å². The van der Waals surface area contributed by atoms with Crippen LogP contribution in [0.3, 0.4) is 0 Å². The molecule has 9 nitrogen and oxygen atoms in total. The highest BCUT2D eigenvalue weighted by atomic mass is 32.2. The third kappa shape index (κ3) is 4.80. The van der Waals surface area contributed by atoms with Crippen LogP contribution in [0.2, 0.25) is 0 Å². The van der Waals surface area contributed by atoms with Crippen LogP contribution in [-0.2, 0) is 10.0 Å². The molecule has 1 aliphatic heterocycles. The van der Waals surface area contributed by atoms with Crippen LogP contribution in [0.25, 0.3) is 28.3 Å². The van der Waals surface area contributed by atoms with Crippen LogP contribution in [0.1, 0.15) is 24.4 Å². The predicted molar refractivity (Wildman–Crippen MR) is 144 cm³/mol. The second-order valence-electron chi connectivity index (χ2n) is 9.23. The first-order valence-corrected chi connectivity index (χ1v) is 14.0. The standard InChI is InChI=1S/C27H24FN7O2S/c1-38(36,37)33-25-11-10-19(16-29-25)21-7-3-8-22(31-21)24-17-30-26-12-13-27(32-35(24)26)34-14-4-9-23(34)18-5-2-6-20(28)15-18/h2-3,5-8,10-13,15-17,23H,4,9,14H2,1H3,(H,29,33)/t23-/m1/s1. The van der Waals surface area contributed by atoms with Crippen LogP contribution in [0.4, 0.5) is 16.0 Å². The van der Waals surface area contributed by atoms with Gasteiger partial charge in [-0.15, -0.1) is 5.10 Å². The zero-order valence-corrected chi connectivity index (χ0v) is 21.3. The van der Waals surface area contributed by atoms with Crippen LogP contribution in [-0.4, -0.2) is 45.8 Å². The van der Waals surface area contributed by atoms with Gasteiger partial charge in [-0.1, -0.05) is 18.2 Å². The number of halogens is 1. The van der Waals surface area contributed by atoms with Gasteiger partial charge in [0, 0.05) is 18.3 Å². The van der Waals surface area contributed by atoms with Crippen molar-refractivity contribution in [3.63, 3.8) is 0 Å². The van der Waals surface area contributed by atoms with Gasteiger partial charge in [0.2, 0.25) is 10.0 Å². The summed E-state index contributed by atoms with van der Waals surface area (Å²) < 4.78 is 41.0. The van der Waals surface area contributed by atoms with Crippen LogP contribution >= 0.6 is 0 Å². The molecule has 0 spiro atoms. The number of rotatable bonds is 6. The van der Waals surface area contributed by atoms with E-state index in [-0.39, 0.29) is 17.7 Å². The Morgan fingerprint density at radius 2 is 1.82 bits per heavy atom. The van der Waals surface area contributed by atoms with Crippen molar-refractivity contribution in [2.24, 2.45) is 0 Å². The van der Waals surface area contributed by atoms with Gasteiger partial charge in [0.25, 0.3) is 0 Å². The van der Waals surface area contributed by atoms with Gasteiger partial charge in [-0.25, -0.2) is 32.3 Å². The molecule has 6 rings (SSSR count). The lowest BCUT2D eigenvalue weighted by Gasteiger charge is -2.26. The zero-order chi connectivity index (χ0) is 26.3. The Bertz CT molecular complexity index is 1740. The fraction of sp³-hybridized carbons (Fsp3) is 0.185. The highest BCUT2D eigenvalue weighted by molar-refractivity contribution is 7.92. The normalized spacial score (nSPS) is 15.7. The molecule has 38 heavy (non-hydrogen) atoms. The summed E-state index contributed by atoms with van der Waals surface area (Å²) in [6.45, 7) is 0.828. The van der Waals surface area contributed by atoms with Crippen LogP contribution in [0, 0.1) is 5.82 Å². The summed E-state index contributed by atoms with van der Waals surface area (Å²) >= 11 is 0. The predicted octanol–water partition coefficient (Wildman–Crippen LogP) is 4.71. The van der Waals surface area contributed by atoms with Crippen molar-refractivity contribution in [3.8, 4) is 22.6 Å². The number of fused-ring (bicyclic) bond motifs is 1. The molecule has 5 aromatic rings. The van der Waals surface area contributed by atoms with E-state index in [1.165, 1.54) is 6.07 Å². The molecule has 4 aromatic heterocycles. The maximum Gasteiger partial charge on any atom is 0.230 e. The Balaban J connectivity index is 1.33. The summed E-state index contributed by atoms with van der Waals surface area (Å²) in [5, 5.41) is 4.91. The Labute approximate surface area is 219 Å². The van der Waals surface area contributed by atoms with Gasteiger partial charge in [0.15, 0.2) is 5.65 Å². The number of nitrogens with one attached hydrogen (secondary N) is 1. The van der Waals surface area contributed by atoms with E-state index in [4.69, 9.17) is 10.1 Å². The molecule has 1 saturated heterocycles. The number of benzene rings is 1. The van der Waals surface area contributed by atoms with Gasteiger partial charge in [-0.3, -0.25) is 4.72 Å². The van der Waals surface area contributed by atoms with Crippen molar-refractivity contribution in [2.45, 2.75) is 18.9 Å². The fourth-order valence-corrected chi connectivity index (χ4v) is 5.33. The first kappa shape index (κ1) is 24.0. The molecule has 0 unspecified atom stereocenters. The van der Waals surface area contributed by atoms with E-state index in [0.29, 0.717) is 17.0 Å². The number of hydrogen-bond donors (Lipinski definition) is 1. The van der Waals surface area contributed by atoms with Gasteiger partial charge in [0.1, 0.15) is 23.1 Å². The second-order valence-corrected chi connectivity index (χ2v) is 11.0. The lowest BCUT2D eigenvalue weighted by atomic mass is 10.0. The minimum atomic E-state index is -3.41. The molecular formula is C27H24FN7O2S. The molecule has 1 atom stereocenters. The van der Waals surface area contributed by atoms with Gasteiger partial charge in [-0.05, 0) is 66.9 Å². The SMILES string of the molecule is CS(=O)(=O)Nc1ccc(-c2cccc(-c3cnc4ccc(N5CCC[C@@H]5c5cccc(F)c5)nn34)n2)cn1. The number of pyridine rings is 2. The summed E-state index contributed by atoms with van der Waals surface area (Å²) in [7, 11) is -3.41. The van der Waals surface area contributed by atoms with E-state index in [2.05, 4.69) is 19.6 Å². The van der Waals surface area contributed by atoms with E-state index in [9.17, 15) is 12.8 Å². The van der Waals surface area contributed by atoms with Gasteiger partial charge >= 0.3 is 0 Å². The van der Waals surface area contributed by atoms with Crippen molar-refractivity contribution < 1.29 is 12.8 Å². The summed E-state index contributed by atoms with van der Waals surface area (Å²) in [6.07, 6.45) is 6.31. The summed E-state index contributed by atoms with van der Waals surface area (Å²) in [5.41, 5.74) is 4.46. The topological polar surface area (TPSA) is 105 Å². The maximum absolute atomic E-state index is 13.9. The van der Waals surface area contributed by atoms with E-state index in [1.807, 2.05) is 36.4 Å². The monoisotopic (exact) mass is 529 g/mol. The molecule has 192 valence electrons. The molecule has 0 amide bonds. The number of hydrogen-bond acceptors (Lipinski definition) is 7. The Morgan fingerprint density at radius 3 is 2.61 bits per heavy atom. The molecule has 0 saturated carbocycles. The number of sulfonamides is 1. The average molecular weight is 530 g/mol. The Hall–Kier alpha value is -4.38. The van der Waals surface area contributed by atoms with E-state index < -0.39 is 10.0 Å².